The quantitative estimate of drug-likeness (QED) is 0.632. The Balaban J connectivity index is 0.000000614. The van der Waals surface area contributed by atoms with Crippen LogP contribution in [0.3, 0.4) is 0 Å². The van der Waals surface area contributed by atoms with Crippen molar-refractivity contribution in [2.24, 2.45) is 0 Å². The third-order valence-corrected chi connectivity index (χ3v) is 3.47. The maximum absolute atomic E-state index is 11.5. The topological polar surface area (TPSA) is 116 Å². The second kappa shape index (κ2) is 8.24. The molecule has 2 aliphatic rings. The van der Waals surface area contributed by atoms with Crippen LogP contribution in [0.5, 0.6) is 11.5 Å². The number of benzene rings is 2. The van der Waals surface area contributed by atoms with Gasteiger partial charge in [0.1, 0.15) is 11.5 Å². The molecule has 27 heavy (non-hydrogen) atoms. The highest BCUT2D eigenvalue weighted by Gasteiger charge is 2.31. The molecule has 8 heteroatoms. The average molecular weight is 372 g/mol. The Labute approximate surface area is 154 Å². The van der Waals surface area contributed by atoms with Crippen LogP contribution in [0, 0.1) is 0 Å². The molecule has 0 bridgehead atoms. The van der Waals surface area contributed by atoms with Gasteiger partial charge in [-0.1, -0.05) is 13.8 Å². The van der Waals surface area contributed by atoms with Crippen LogP contribution in [0.25, 0.3) is 0 Å². The summed E-state index contributed by atoms with van der Waals surface area (Å²) in [6, 6.07) is 8.58. The molecule has 0 radical (unpaired) electrons. The molecule has 8 nitrogen and oxygen atoms in total. The van der Waals surface area contributed by atoms with E-state index in [9.17, 15) is 19.2 Å². The third-order valence-electron chi connectivity index (χ3n) is 3.47. The first-order valence-corrected chi connectivity index (χ1v) is 7.96. The number of carbonyl (C=O) groups is 4. The molecule has 2 heterocycles. The van der Waals surface area contributed by atoms with Crippen LogP contribution in [0.1, 0.15) is 55.3 Å². The number of rotatable bonds is 2. The summed E-state index contributed by atoms with van der Waals surface area (Å²) in [5, 5.41) is 7.00. The van der Waals surface area contributed by atoms with Crippen molar-refractivity contribution in [3.05, 3.63) is 58.7 Å². The lowest BCUT2D eigenvalue weighted by Gasteiger charge is -2.06. The highest BCUT2D eigenvalue weighted by molar-refractivity contribution is 6.15. The Hall–Kier alpha value is -3.52. The zero-order valence-corrected chi connectivity index (χ0v) is 14.8. The summed E-state index contributed by atoms with van der Waals surface area (Å²) in [4.78, 5) is 45.8. The van der Waals surface area contributed by atoms with Crippen molar-refractivity contribution in [3.8, 4) is 11.5 Å². The van der Waals surface area contributed by atoms with E-state index in [0.717, 1.165) is 7.11 Å². The molecule has 1 N–H and O–H groups in total. The second-order valence-electron chi connectivity index (χ2n) is 4.87. The molecular formula is C19H16O8. The molecule has 0 aromatic heterocycles. The van der Waals surface area contributed by atoms with E-state index < -0.39 is 23.9 Å². The number of ether oxygens (including phenoxy) is 3. The van der Waals surface area contributed by atoms with Crippen LogP contribution in [0.4, 0.5) is 0 Å². The summed E-state index contributed by atoms with van der Waals surface area (Å²) < 4.78 is 14.5. The fraction of sp³-hybridized carbons (Fsp3) is 0.158. The van der Waals surface area contributed by atoms with Crippen molar-refractivity contribution in [1.29, 1.82) is 0 Å². The zero-order chi connectivity index (χ0) is 20.1. The molecule has 4 rings (SSSR count). The van der Waals surface area contributed by atoms with E-state index in [4.69, 9.17) is 9.84 Å². The summed E-state index contributed by atoms with van der Waals surface area (Å²) in [6.07, 6.45) is 0. The third kappa shape index (κ3) is 3.70. The predicted molar refractivity (Wildman–Crippen MR) is 91.9 cm³/mol. The first-order chi connectivity index (χ1) is 13.0. The lowest BCUT2D eigenvalue weighted by molar-refractivity contribution is 0.0425. The fourth-order valence-corrected chi connectivity index (χ4v) is 2.39. The van der Waals surface area contributed by atoms with Crippen LogP contribution in [-0.2, 0) is 9.47 Å². The zero-order valence-electron chi connectivity index (χ0n) is 14.8. The maximum Gasteiger partial charge on any atom is 0.347 e. The number of aliphatic hydroxyl groups is 1. The van der Waals surface area contributed by atoms with Gasteiger partial charge in [0.25, 0.3) is 0 Å². The molecule has 0 saturated heterocycles. The van der Waals surface area contributed by atoms with Crippen molar-refractivity contribution < 1.29 is 38.5 Å². The standard InChI is InChI=1S/C16H6O7.C2H6.CH4O/c17-13-9-3-1-7(5-11(9)15(19)22-13)21-8-2-4-10-12(6-8)16(20)23-14(10)18;2*1-2/h1-6H;1-2H3;2H,1H3. The van der Waals surface area contributed by atoms with Gasteiger partial charge in [-0.15, -0.1) is 0 Å². The molecule has 0 spiro atoms. The fourth-order valence-electron chi connectivity index (χ4n) is 2.39. The van der Waals surface area contributed by atoms with Gasteiger partial charge in [0.2, 0.25) is 0 Å². The van der Waals surface area contributed by atoms with Gasteiger partial charge in [-0.25, -0.2) is 19.2 Å². The first kappa shape index (κ1) is 19.8. The largest absolute Gasteiger partial charge is 0.457 e. The van der Waals surface area contributed by atoms with Gasteiger partial charge in [-0.05, 0) is 36.4 Å². The molecule has 2 aromatic carbocycles. The van der Waals surface area contributed by atoms with E-state index in [1.807, 2.05) is 13.8 Å². The van der Waals surface area contributed by atoms with Gasteiger partial charge in [0.05, 0.1) is 22.3 Å². The first-order valence-electron chi connectivity index (χ1n) is 7.96. The molecule has 0 saturated carbocycles. The van der Waals surface area contributed by atoms with E-state index in [1.54, 1.807) is 0 Å². The number of hydrogen-bond donors (Lipinski definition) is 1. The summed E-state index contributed by atoms with van der Waals surface area (Å²) in [7, 11) is 1.00. The van der Waals surface area contributed by atoms with Crippen molar-refractivity contribution in [2.45, 2.75) is 13.8 Å². The smallest absolute Gasteiger partial charge is 0.347 e. The normalized spacial score (nSPS) is 13.3. The van der Waals surface area contributed by atoms with Gasteiger partial charge in [0.15, 0.2) is 0 Å². The van der Waals surface area contributed by atoms with Gasteiger partial charge in [-0.2, -0.15) is 0 Å². The number of fused-ring (bicyclic) bond motifs is 2. The van der Waals surface area contributed by atoms with Gasteiger partial charge in [0, 0.05) is 7.11 Å². The number of hydrogen-bond acceptors (Lipinski definition) is 8. The number of esters is 4. The minimum absolute atomic E-state index is 0.114. The summed E-state index contributed by atoms with van der Waals surface area (Å²) in [5.41, 5.74) is 0.572. The van der Waals surface area contributed by atoms with Gasteiger partial charge in [-0.3, -0.25) is 0 Å². The van der Waals surface area contributed by atoms with Crippen molar-refractivity contribution >= 4 is 23.9 Å². The Morgan fingerprint density at radius 2 is 0.963 bits per heavy atom. The molecule has 140 valence electrons. The highest BCUT2D eigenvalue weighted by atomic mass is 16.6. The van der Waals surface area contributed by atoms with E-state index in [-0.39, 0.29) is 33.8 Å². The molecule has 0 amide bonds. The monoisotopic (exact) mass is 372 g/mol. The van der Waals surface area contributed by atoms with Crippen molar-refractivity contribution in [3.63, 3.8) is 0 Å². The van der Waals surface area contributed by atoms with Crippen LogP contribution < -0.4 is 4.74 Å². The average Bonchev–Trinajstić information content (AvgIpc) is 3.13. The molecule has 2 aliphatic heterocycles. The van der Waals surface area contributed by atoms with E-state index in [2.05, 4.69) is 9.47 Å². The van der Waals surface area contributed by atoms with Crippen LogP contribution in [0.2, 0.25) is 0 Å². The van der Waals surface area contributed by atoms with Crippen LogP contribution in [-0.4, -0.2) is 36.1 Å². The summed E-state index contributed by atoms with van der Waals surface area (Å²) in [6.45, 7) is 4.00. The van der Waals surface area contributed by atoms with Gasteiger partial charge < -0.3 is 19.3 Å². The summed E-state index contributed by atoms with van der Waals surface area (Å²) in [5.74, 6) is -2.30. The van der Waals surface area contributed by atoms with E-state index >= 15 is 0 Å². The second-order valence-corrected chi connectivity index (χ2v) is 4.87. The molecule has 0 aliphatic carbocycles. The van der Waals surface area contributed by atoms with Crippen molar-refractivity contribution in [1.82, 2.24) is 0 Å². The molecule has 2 aromatic rings. The number of cyclic esters (lactones) is 4. The Morgan fingerprint density at radius 1 is 0.630 bits per heavy atom. The predicted octanol–water partition coefficient (Wildman–Crippen LogP) is 2.73. The van der Waals surface area contributed by atoms with E-state index in [0.29, 0.717) is 0 Å². The maximum atomic E-state index is 11.5. The molecule has 0 unspecified atom stereocenters. The van der Waals surface area contributed by atoms with E-state index in [1.165, 1.54) is 36.4 Å². The lowest BCUT2D eigenvalue weighted by Crippen LogP contribution is -1.97. The number of aliphatic hydroxyl groups excluding tert-OH is 1. The Bertz CT molecular complexity index is 854. The van der Waals surface area contributed by atoms with Gasteiger partial charge >= 0.3 is 23.9 Å². The SMILES string of the molecule is CC.CO.O=C1OC(=O)c2cc(Oc3ccc4c(c3)C(=O)OC4=O)ccc21. The van der Waals surface area contributed by atoms with Crippen LogP contribution in [0.15, 0.2) is 36.4 Å². The summed E-state index contributed by atoms with van der Waals surface area (Å²) >= 11 is 0. The van der Waals surface area contributed by atoms with Crippen LogP contribution >= 0.6 is 0 Å². The minimum Gasteiger partial charge on any atom is -0.457 e. The minimum atomic E-state index is -0.737. The van der Waals surface area contributed by atoms with Crippen molar-refractivity contribution in [2.75, 3.05) is 7.11 Å². The molecular weight excluding hydrogens is 356 g/mol. The molecule has 0 atom stereocenters. The Kier molecular flexibility index (Phi) is 6.04. The lowest BCUT2D eigenvalue weighted by atomic mass is 10.1. The number of carbonyl (C=O) groups excluding carboxylic acids is 4. The Morgan fingerprint density at radius 3 is 1.33 bits per heavy atom. The highest BCUT2D eigenvalue weighted by Crippen LogP contribution is 2.30. The molecule has 0 fully saturated rings.